The maximum absolute atomic E-state index is 10.5. The second kappa shape index (κ2) is 4.91. The maximum atomic E-state index is 10.5. The van der Waals surface area contributed by atoms with E-state index in [2.05, 4.69) is 18.0 Å². The molecule has 2 aromatic rings. The summed E-state index contributed by atoms with van der Waals surface area (Å²) in [7, 11) is 0. The highest BCUT2D eigenvalue weighted by Gasteiger charge is 2.29. The van der Waals surface area contributed by atoms with Gasteiger partial charge in [-0.15, -0.1) is 0 Å². The smallest absolute Gasteiger partial charge is 0.0841 e. The van der Waals surface area contributed by atoms with Crippen LogP contribution in [0.3, 0.4) is 0 Å². The van der Waals surface area contributed by atoms with Crippen molar-refractivity contribution in [2.75, 3.05) is 6.61 Å². The van der Waals surface area contributed by atoms with E-state index in [1.165, 1.54) is 0 Å². The number of hydrogen-bond donors (Lipinski definition) is 1. The van der Waals surface area contributed by atoms with E-state index in [-0.39, 0.29) is 12.0 Å². The Morgan fingerprint density at radius 3 is 2.89 bits per heavy atom. The van der Waals surface area contributed by atoms with Crippen molar-refractivity contribution in [3.63, 3.8) is 0 Å². The molecule has 0 bridgehead atoms. The van der Waals surface area contributed by atoms with Crippen LogP contribution in [0.5, 0.6) is 0 Å². The Bertz CT molecular complexity index is 596. The second-order valence-corrected chi connectivity index (χ2v) is 5.49. The van der Waals surface area contributed by atoms with Crippen LogP contribution in [0.1, 0.15) is 30.7 Å². The minimum atomic E-state index is -0.448. The van der Waals surface area contributed by atoms with Crippen LogP contribution in [0.25, 0.3) is 10.9 Å². The normalized spacial score (nSPS) is 24.8. The minimum absolute atomic E-state index is 0.200. The molecule has 0 amide bonds. The number of pyridine rings is 1. The van der Waals surface area contributed by atoms with Gasteiger partial charge in [-0.2, -0.15) is 0 Å². The van der Waals surface area contributed by atoms with Crippen molar-refractivity contribution < 1.29 is 9.84 Å². The predicted octanol–water partition coefficient (Wildman–Crippen LogP) is 3.00. The summed E-state index contributed by atoms with van der Waals surface area (Å²) in [5, 5.41) is 11.5. The summed E-state index contributed by atoms with van der Waals surface area (Å²) in [4.78, 5) is 4.48. The van der Waals surface area contributed by atoms with Crippen molar-refractivity contribution in [2.24, 2.45) is 5.92 Å². The monoisotopic (exact) mass is 257 g/mol. The standard InChI is InChI=1S/C16H19NO2/c1-10-3-4-12-8-13(5-6-15(12)17-10)16(18)14-7-11(2)19-9-14/h3-6,8,11,14,16,18H,7,9H2,1-2H3. The molecular weight excluding hydrogens is 238 g/mol. The number of rotatable bonds is 2. The van der Waals surface area contributed by atoms with Gasteiger partial charge >= 0.3 is 0 Å². The Balaban J connectivity index is 1.90. The number of ether oxygens (including phenoxy) is 1. The quantitative estimate of drug-likeness (QED) is 0.899. The SMILES string of the molecule is Cc1ccc2cc(C(O)C3COC(C)C3)ccc2n1. The minimum Gasteiger partial charge on any atom is -0.388 e. The van der Waals surface area contributed by atoms with E-state index in [1.54, 1.807) is 0 Å². The Labute approximate surface area is 113 Å². The summed E-state index contributed by atoms with van der Waals surface area (Å²) in [6, 6.07) is 10.1. The van der Waals surface area contributed by atoms with Gasteiger partial charge in [-0.3, -0.25) is 4.98 Å². The molecule has 1 N–H and O–H groups in total. The molecular formula is C16H19NO2. The summed E-state index contributed by atoms with van der Waals surface area (Å²) in [6.45, 7) is 4.69. The summed E-state index contributed by atoms with van der Waals surface area (Å²) >= 11 is 0. The Kier molecular flexibility index (Phi) is 3.25. The number of hydrogen-bond acceptors (Lipinski definition) is 3. The fourth-order valence-electron chi connectivity index (χ4n) is 2.77. The van der Waals surface area contributed by atoms with E-state index in [4.69, 9.17) is 4.74 Å². The van der Waals surface area contributed by atoms with Crippen LogP contribution in [0, 0.1) is 12.8 Å². The fraction of sp³-hybridized carbons (Fsp3) is 0.438. The zero-order valence-corrected chi connectivity index (χ0v) is 11.3. The van der Waals surface area contributed by atoms with Crippen LogP contribution in [0.2, 0.25) is 0 Å². The van der Waals surface area contributed by atoms with Crippen molar-refractivity contribution in [3.05, 3.63) is 41.6 Å². The molecule has 1 aliphatic rings. The molecule has 1 fully saturated rings. The first kappa shape index (κ1) is 12.6. The van der Waals surface area contributed by atoms with Gasteiger partial charge in [-0.25, -0.2) is 0 Å². The number of aryl methyl sites for hydroxylation is 1. The highest BCUT2D eigenvalue weighted by molar-refractivity contribution is 5.79. The average molecular weight is 257 g/mol. The Hall–Kier alpha value is -1.45. The topological polar surface area (TPSA) is 42.4 Å². The Morgan fingerprint density at radius 1 is 1.32 bits per heavy atom. The molecule has 2 heterocycles. The van der Waals surface area contributed by atoms with E-state index in [9.17, 15) is 5.11 Å². The van der Waals surface area contributed by atoms with Crippen molar-refractivity contribution in [2.45, 2.75) is 32.5 Å². The molecule has 3 heteroatoms. The zero-order chi connectivity index (χ0) is 13.4. The molecule has 3 nitrogen and oxygen atoms in total. The van der Waals surface area contributed by atoms with Crippen LogP contribution < -0.4 is 0 Å². The first-order chi connectivity index (χ1) is 9.13. The molecule has 3 atom stereocenters. The van der Waals surface area contributed by atoms with Gasteiger partial charge in [0, 0.05) is 17.0 Å². The first-order valence-corrected chi connectivity index (χ1v) is 6.80. The summed E-state index contributed by atoms with van der Waals surface area (Å²) in [5.41, 5.74) is 2.95. The average Bonchev–Trinajstić information content (AvgIpc) is 2.84. The molecule has 0 saturated carbocycles. The van der Waals surface area contributed by atoms with Crippen molar-refractivity contribution in [1.29, 1.82) is 0 Å². The number of nitrogens with zero attached hydrogens (tertiary/aromatic N) is 1. The molecule has 1 aromatic heterocycles. The van der Waals surface area contributed by atoms with Crippen molar-refractivity contribution in [3.8, 4) is 0 Å². The van der Waals surface area contributed by atoms with Gasteiger partial charge < -0.3 is 9.84 Å². The van der Waals surface area contributed by atoms with Crippen molar-refractivity contribution in [1.82, 2.24) is 4.98 Å². The van der Waals surface area contributed by atoms with E-state index in [0.717, 1.165) is 28.6 Å². The van der Waals surface area contributed by atoms with Gasteiger partial charge in [0.15, 0.2) is 0 Å². The number of aliphatic hydroxyl groups excluding tert-OH is 1. The van der Waals surface area contributed by atoms with E-state index in [1.807, 2.05) is 31.2 Å². The van der Waals surface area contributed by atoms with Gasteiger partial charge in [0.2, 0.25) is 0 Å². The second-order valence-electron chi connectivity index (χ2n) is 5.49. The highest BCUT2D eigenvalue weighted by Crippen LogP contribution is 2.32. The van der Waals surface area contributed by atoms with Crippen LogP contribution in [0.15, 0.2) is 30.3 Å². The third-order valence-corrected chi connectivity index (χ3v) is 3.87. The zero-order valence-electron chi connectivity index (χ0n) is 11.3. The number of aliphatic hydroxyl groups is 1. The van der Waals surface area contributed by atoms with Gasteiger partial charge in [0.25, 0.3) is 0 Å². The van der Waals surface area contributed by atoms with E-state index < -0.39 is 6.10 Å². The Morgan fingerprint density at radius 2 is 2.16 bits per heavy atom. The van der Waals surface area contributed by atoms with E-state index in [0.29, 0.717) is 6.61 Å². The lowest BCUT2D eigenvalue weighted by molar-refractivity contribution is 0.0805. The van der Waals surface area contributed by atoms with E-state index >= 15 is 0 Å². The van der Waals surface area contributed by atoms with Gasteiger partial charge in [0.1, 0.15) is 0 Å². The predicted molar refractivity (Wildman–Crippen MR) is 75.0 cm³/mol. The lowest BCUT2D eigenvalue weighted by Crippen LogP contribution is -2.12. The number of fused-ring (bicyclic) bond motifs is 1. The molecule has 0 aliphatic carbocycles. The van der Waals surface area contributed by atoms with Crippen LogP contribution >= 0.6 is 0 Å². The lowest BCUT2D eigenvalue weighted by atomic mass is 9.93. The molecule has 0 radical (unpaired) electrons. The summed E-state index contributed by atoms with van der Waals surface area (Å²) < 4.78 is 5.54. The third-order valence-electron chi connectivity index (χ3n) is 3.87. The summed E-state index contributed by atoms with van der Waals surface area (Å²) in [6.07, 6.45) is 0.728. The largest absolute Gasteiger partial charge is 0.388 e. The third kappa shape index (κ3) is 2.48. The van der Waals surface area contributed by atoms with Gasteiger partial charge in [0.05, 0.1) is 24.3 Å². The molecule has 0 spiro atoms. The molecule has 1 aliphatic heterocycles. The van der Waals surface area contributed by atoms with Gasteiger partial charge in [-0.05, 0) is 44.0 Å². The molecule has 19 heavy (non-hydrogen) atoms. The molecule has 3 rings (SSSR count). The van der Waals surface area contributed by atoms with Crippen LogP contribution in [-0.4, -0.2) is 22.8 Å². The van der Waals surface area contributed by atoms with Crippen LogP contribution in [-0.2, 0) is 4.74 Å². The molecule has 100 valence electrons. The number of benzene rings is 1. The maximum Gasteiger partial charge on any atom is 0.0841 e. The molecule has 3 unspecified atom stereocenters. The number of aromatic nitrogens is 1. The molecule has 1 aromatic carbocycles. The molecule has 1 saturated heterocycles. The fourth-order valence-corrected chi connectivity index (χ4v) is 2.77. The summed E-state index contributed by atoms with van der Waals surface area (Å²) in [5.74, 6) is 0.200. The van der Waals surface area contributed by atoms with Crippen LogP contribution in [0.4, 0.5) is 0 Å². The van der Waals surface area contributed by atoms with Crippen molar-refractivity contribution >= 4 is 10.9 Å². The first-order valence-electron chi connectivity index (χ1n) is 6.80. The highest BCUT2D eigenvalue weighted by atomic mass is 16.5. The lowest BCUT2D eigenvalue weighted by Gasteiger charge is -2.17. The van der Waals surface area contributed by atoms with Gasteiger partial charge in [-0.1, -0.05) is 12.1 Å².